The van der Waals surface area contributed by atoms with Gasteiger partial charge >= 0.3 is 12.1 Å². The third kappa shape index (κ3) is 4.88. The third-order valence-electron chi connectivity index (χ3n) is 5.28. The molecule has 0 radical (unpaired) electrons. The predicted molar refractivity (Wildman–Crippen MR) is 115 cm³/mol. The van der Waals surface area contributed by atoms with E-state index in [0.717, 1.165) is 29.5 Å². The topological polar surface area (TPSA) is 109 Å². The Kier molecular flexibility index (Phi) is 6.30. The fraction of sp³-hybridized carbons (Fsp3) is 0.381. The molecule has 1 N–H and O–H groups in total. The quantitative estimate of drug-likeness (QED) is 0.638. The minimum atomic E-state index is -4.62. The van der Waals surface area contributed by atoms with E-state index in [4.69, 9.17) is 4.74 Å². The maximum Gasteiger partial charge on any atom is 0.416 e. The summed E-state index contributed by atoms with van der Waals surface area (Å²) in [5.74, 6) is -2.22. The van der Waals surface area contributed by atoms with Gasteiger partial charge in [0, 0.05) is 18.3 Å². The minimum absolute atomic E-state index is 0.0316. The van der Waals surface area contributed by atoms with Gasteiger partial charge in [-0.2, -0.15) is 13.2 Å². The number of carbonyl (C=O) groups is 4. The van der Waals surface area contributed by atoms with Crippen LogP contribution in [0.3, 0.4) is 0 Å². The molecule has 1 aromatic carbocycles. The molecule has 3 amide bonds. The van der Waals surface area contributed by atoms with Gasteiger partial charge in [0.25, 0.3) is 5.91 Å². The molecule has 2 aliphatic rings. The normalized spacial score (nSPS) is 16.8. The molecular formula is C21H19F3N4O5S. The molecule has 2 aliphatic heterocycles. The molecule has 180 valence electrons. The minimum Gasteiger partial charge on any atom is -0.452 e. The zero-order valence-electron chi connectivity index (χ0n) is 17.8. The van der Waals surface area contributed by atoms with Crippen molar-refractivity contribution >= 4 is 51.5 Å². The summed E-state index contributed by atoms with van der Waals surface area (Å²) in [6.07, 6.45) is -4.96. The van der Waals surface area contributed by atoms with Crippen LogP contribution in [0.15, 0.2) is 23.6 Å². The fourth-order valence-corrected chi connectivity index (χ4v) is 4.54. The van der Waals surface area contributed by atoms with E-state index in [2.05, 4.69) is 10.3 Å². The Labute approximate surface area is 195 Å². The molecule has 1 unspecified atom stereocenters. The first-order valence-corrected chi connectivity index (χ1v) is 11.2. The van der Waals surface area contributed by atoms with Crippen LogP contribution < -0.4 is 15.1 Å². The summed E-state index contributed by atoms with van der Waals surface area (Å²) >= 11 is 1.22. The van der Waals surface area contributed by atoms with Crippen LogP contribution >= 0.6 is 11.3 Å². The predicted octanol–water partition coefficient (Wildman–Crippen LogP) is 2.75. The van der Waals surface area contributed by atoms with Crippen LogP contribution in [0, 0.1) is 0 Å². The zero-order chi connectivity index (χ0) is 24.6. The van der Waals surface area contributed by atoms with Crippen molar-refractivity contribution in [3.8, 4) is 0 Å². The van der Waals surface area contributed by atoms with E-state index in [-0.39, 0.29) is 23.7 Å². The lowest BCUT2D eigenvalue weighted by molar-refractivity contribution is -0.153. The number of halogens is 3. The standard InChI is InChI=1S/C21H19F3N4O5S/c1-11(33-18(31)8-13-10-34-20(25-13)27-6-2-3-17(27)30)19(32)28-9-16(29)26-14-7-12(21(22,23)24)4-5-15(14)28/h4-5,7,10-11H,2-3,6,8-9H2,1H3,(H,26,29). The van der Waals surface area contributed by atoms with Gasteiger partial charge in [0.15, 0.2) is 11.2 Å². The molecule has 2 aromatic rings. The number of hydrogen-bond donors (Lipinski definition) is 1. The smallest absolute Gasteiger partial charge is 0.416 e. The Morgan fingerprint density at radius 2 is 2.06 bits per heavy atom. The Bertz CT molecular complexity index is 1170. The highest BCUT2D eigenvalue weighted by molar-refractivity contribution is 7.14. The molecule has 9 nitrogen and oxygen atoms in total. The number of aromatic nitrogens is 1. The molecule has 0 saturated carbocycles. The van der Waals surface area contributed by atoms with Crippen LogP contribution in [0.25, 0.3) is 0 Å². The van der Waals surface area contributed by atoms with Gasteiger partial charge in [0.1, 0.15) is 6.54 Å². The SMILES string of the molecule is CC(OC(=O)Cc1csc(N2CCCC2=O)n1)C(=O)N1CC(=O)Nc2cc(C(F)(F)F)ccc21. The van der Waals surface area contributed by atoms with E-state index in [9.17, 15) is 32.3 Å². The summed E-state index contributed by atoms with van der Waals surface area (Å²) < 4.78 is 44.2. The second-order valence-electron chi connectivity index (χ2n) is 7.78. The van der Waals surface area contributed by atoms with E-state index in [0.29, 0.717) is 23.8 Å². The highest BCUT2D eigenvalue weighted by Crippen LogP contribution is 2.37. The molecule has 0 spiro atoms. The van der Waals surface area contributed by atoms with Crippen LogP contribution in [-0.2, 0) is 36.5 Å². The number of amides is 3. The van der Waals surface area contributed by atoms with Crippen LogP contribution in [-0.4, -0.2) is 47.9 Å². The lowest BCUT2D eigenvalue weighted by atomic mass is 10.1. The number of fused-ring (bicyclic) bond motifs is 1. The van der Waals surface area contributed by atoms with Crippen LogP contribution in [0.5, 0.6) is 0 Å². The molecule has 1 saturated heterocycles. The maximum absolute atomic E-state index is 13.0. The van der Waals surface area contributed by atoms with Crippen molar-refractivity contribution in [2.45, 2.75) is 38.5 Å². The Morgan fingerprint density at radius 3 is 2.74 bits per heavy atom. The lowest BCUT2D eigenvalue weighted by Crippen LogP contribution is -2.47. The summed E-state index contributed by atoms with van der Waals surface area (Å²) in [6, 6.07) is 2.63. The van der Waals surface area contributed by atoms with E-state index in [1.807, 2.05) is 0 Å². The number of ether oxygens (including phenoxy) is 1. The van der Waals surface area contributed by atoms with Gasteiger partial charge in [-0.3, -0.25) is 29.0 Å². The van der Waals surface area contributed by atoms with E-state index in [1.165, 1.54) is 18.3 Å². The molecule has 13 heteroatoms. The van der Waals surface area contributed by atoms with E-state index in [1.54, 1.807) is 10.3 Å². The average Bonchev–Trinajstić information content (AvgIpc) is 3.39. The summed E-state index contributed by atoms with van der Waals surface area (Å²) in [7, 11) is 0. The van der Waals surface area contributed by atoms with Crippen molar-refractivity contribution in [2.75, 3.05) is 28.2 Å². The van der Waals surface area contributed by atoms with Crippen molar-refractivity contribution in [1.82, 2.24) is 4.98 Å². The number of nitrogens with one attached hydrogen (secondary N) is 1. The van der Waals surface area contributed by atoms with Crippen LogP contribution in [0.4, 0.5) is 29.7 Å². The van der Waals surface area contributed by atoms with E-state index < -0.39 is 42.2 Å². The monoisotopic (exact) mass is 496 g/mol. The van der Waals surface area contributed by atoms with Gasteiger partial charge in [-0.1, -0.05) is 0 Å². The van der Waals surface area contributed by atoms with Crippen molar-refractivity contribution in [3.63, 3.8) is 0 Å². The van der Waals surface area contributed by atoms with Crippen molar-refractivity contribution in [1.29, 1.82) is 0 Å². The highest BCUT2D eigenvalue weighted by Gasteiger charge is 2.35. The average molecular weight is 496 g/mol. The van der Waals surface area contributed by atoms with Gasteiger partial charge in [0.2, 0.25) is 11.8 Å². The largest absolute Gasteiger partial charge is 0.452 e. The lowest BCUT2D eigenvalue weighted by Gasteiger charge is -2.31. The fourth-order valence-electron chi connectivity index (χ4n) is 3.67. The molecule has 1 fully saturated rings. The number of benzene rings is 1. The summed E-state index contributed by atoms with van der Waals surface area (Å²) in [5, 5.41) is 4.44. The number of anilines is 3. The molecule has 1 aromatic heterocycles. The number of carbonyl (C=O) groups excluding carboxylic acids is 4. The number of thiazole rings is 1. The number of rotatable bonds is 5. The third-order valence-corrected chi connectivity index (χ3v) is 6.19. The summed E-state index contributed by atoms with van der Waals surface area (Å²) in [4.78, 5) is 55.9. The number of nitrogens with zero attached hydrogens (tertiary/aromatic N) is 3. The van der Waals surface area contributed by atoms with Crippen LogP contribution in [0.2, 0.25) is 0 Å². The van der Waals surface area contributed by atoms with Crippen molar-refractivity contribution in [3.05, 3.63) is 34.8 Å². The summed E-state index contributed by atoms with van der Waals surface area (Å²) in [6.45, 7) is 1.45. The molecular weight excluding hydrogens is 477 g/mol. The maximum atomic E-state index is 13.0. The van der Waals surface area contributed by atoms with Gasteiger partial charge in [0.05, 0.1) is 29.1 Å². The molecule has 3 heterocycles. The molecule has 1 atom stereocenters. The molecule has 0 aliphatic carbocycles. The Morgan fingerprint density at radius 1 is 1.29 bits per heavy atom. The van der Waals surface area contributed by atoms with Gasteiger partial charge < -0.3 is 10.1 Å². The van der Waals surface area contributed by atoms with E-state index >= 15 is 0 Å². The first-order chi connectivity index (χ1) is 16.0. The zero-order valence-corrected chi connectivity index (χ0v) is 18.7. The van der Waals surface area contributed by atoms with Crippen LogP contribution in [0.1, 0.15) is 31.0 Å². The Balaban J connectivity index is 1.42. The Hall–Kier alpha value is -3.48. The van der Waals surface area contributed by atoms with Gasteiger partial charge in [-0.15, -0.1) is 11.3 Å². The number of esters is 1. The second kappa shape index (κ2) is 9.05. The highest BCUT2D eigenvalue weighted by atomic mass is 32.1. The van der Waals surface area contributed by atoms with Gasteiger partial charge in [-0.25, -0.2) is 4.98 Å². The molecule has 4 rings (SSSR count). The summed E-state index contributed by atoms with van der Waals surface area (Å²) in [5.41, 5.74) is -0.686. The first-order valence-electron chi connectivity index (χ1n) is 10.3. The van der Waals surface area contributed by atoms with Crippen molar-refractivity contribution in [2.24, 2.45) is 0 Å². The van der Waals surface area contributed by atoms with Crippen molar-refractivity contribution < 1.29 is 37.1 Å². The first kappa shape index (κ1) is 23.7. The molecule has 0 bridgehead atoms. The molecule has 34 heavy (non-hydrogen) atoms. The van der Waals surface area contributed by atoms with Gasteiger partial charge in [-0.05, 0) is 31.5 Å². The number of hydrogen-bond acceptors (Lipinski definition) is 7. The number of alkyl halides is 3. The second-order valence-corrected chi connectivity index (χ2v) is 8.62.